The summed E-state index contributed by atoms with van der Waals surface area (Å²) in [6.07, 6.45) is 0.796. The maximum atomic E-state index is 13.3. The minimum atomic E-state index is -0.216. The molecule has 1 heterocycles. The zero-order valence-corrected chi connectivity index (χ0v) is 13.1. The van der Waals surface area contributed by atoms with E-state index in [0.29, 0.717) is 0 Å². The second-order valence-corrected chi connectivity index (χ2v) is 5.86. The van der Waals surface area contributed by atoms with Crippen molar-refractivity contribution in [3.63, 3.8) is 0 Å². The number of halogens is 1. The number of hydrogen-bond donors (Lipinski definition) is 0. The molecule has 0 saturated heterocycles. The number of anilines is 1. The molecular weight excluding hydrogens is 299 g/mol. The smallest absolute Gasteiger partial charge is 0.123 e. The van der Waals surface area contributed by atoms with Gasteiger partial charge in [0.25, 0.3) is 0 Å². The number of nitrogens with zero attached hydrogens (tertiary/aromatic N) is 2. The van der Waals surface area contributed by atoms with E-state index in [0.717, 1.165) is 28.9 Å². The van der Waals surface area contributed by atoms with Crippen LogP contribution in [0.15, 0.2) is 90.0 Å². The molecule has 1 aliphatic heterocycles. The van der Waals surface area contributed by atoms with E-state index in [9.17, 15) is 4.39 Å². The van der Waals surface area contributed by atoms with Gasteiger partial charge in [-0.1, -0.05) is 60.7 Å². The average Bonchev–Trinajstić information content (AvgIpc) is 3.09. The van der Waals surface area contributed by atoms with Crippen molar-refractivity contribution in [1.82, 2.24) is 0 Å². The Morgan fingerprint density at radius 1 is 0.792 bits per heavy atom. The summed E-state index contributed by atoms with van der Waals surface area (Å²) in [6, 6.07) is 27.1. The topological polar surface area (TPSA) is 15.6 Å². The molecule has 0 N–H and O–H groups in total. The van der Waals surface area contributed by atoms with Crippen LogP contribution in [0.1, 0.15) is 23.6 Å². The molecule has 1 unspecified atom stereocenters. The van der Waals surface area contributed by atoms with E-state index in [4.69, 9.17) is 5.10 Å². The van der Waals surface area contributed by atoms with Gasteiger partial charge in [-0.15, -0.1) is 0 Å². The molecule has 3 aromatic carbocycles. The Morgan fingerprint density at radius 3 is 2.08 bits per heavy atom. The van der Waals surface area contributed by atoms with Gasteiger partial charge < -0.3 is 0 Å². The minimum Gasteiger partial charge on any atom is -0.257 e. The maximum Gasteiger partial charge on any atom is 0.123 e. The number of rotatable bonds is 3. The first kappa shape index (κ1) is 14.6. The predicted molar refractivity (Wildman–Crippen MR) is 95.7 cm³/mol. The quantitative estimate of drug-likeness (QED) is 0.650. The standard InChI is InChI=1S/C21H17FN2/c22-18-13-11-17(12-14-18)21-15-20(16-7-3-1-4-8-16)23-24(21)19-9-5-2-6-10-19/h1-14,21H,15H2. The van der Waals surface area contributed by atoms with Crippen LogP contribution in [0.25, 0.3) is 0 Å². The summed E-state index contributed by atoms with van der Waals surface area (Å²) in [7, 11) is 0. The van der Waals surface area contributed by atoms with Gasteiger partial charge in [0, 0.05) is 6.42 Å². The third kappa shape index (κ3) is 2.81. The highest BCUT2D eigenvalue weighted by molar-refractivity contribution is 6.03. The van der Waals surface area contributed by atoms with Crippen molar-refractivity contribution >= 4 is 11.4 Å². The summed E-state index contributed by atoms with van der Waals surface area (Å²) in [5, 5.41) is 6.90. The van der Waals surface area contributed by atoms with Crippen molar-refractivity contribution in [2.45, 2.75) is 12.5 Å². The third-order valence-electron chi connectivity index (χ3n) is 4.29. The fourth-order valence-corrected chi connectivity index (χ4v) is 3.08. The predicted octanol–water partition coefficient (Wildman–Crippen LogP) is 5.18. The molecule has 24 heavy (non-hydrogen) atoms. The van der Waals surface area contributed by atoms with E-state index in [1.165, 1.54) is 12.1 Å². The van der Waals surface area contributed by atoms with Crippen LogP contribution < -0.4 is 5.01 Å². The molecule has 0 saturated carbocycles. The van der Waals surface area contributed by atoms with Crippen molar-refractivity contribution in [3.05, 3.63) is 102 Å². The van der Waals surface area contributed by atoms with Crippen LogP contribution >= 0.6 is 0 Å². The lowest BCUT2D eigenvalue weighted by Gasteiger charge is -2.23. The first-order valence-electron chi connectivity index (χ1n) is 8.04. The summed E-state index contributed by atoms with van der Waals surface area (Å²) in [5.41, 5.74) is 4.28. The van der Waals surface area contributed by atoms with E-state index in [2.05, 4.69) is 12.1 Å². The van der Waals surface area contributed by atoms with E-state index >= 15 is 0 Å². The Balaban J connectivity index is 1.74. The first-order chi connectivity index (χ1) is 11.8. The molecule has 0 aliphatic carbocycles. The fourth-order valence-electron chi connectivity index (χ4n) is 3.08. The van der Waals surface area contributed by atoms with Gasteiger partial charge >= 0.3 is 0 Å². The monoisotopic (exact) mass is 316 g/mol. The van der Waals surface area contributed by atoms with Crippen LogP contribution in [-0.2, 0) is 0 Å². The van der Waals surface area contributed by atoms with Gasteiger partial charge in [-0.3, -0.25) is 5.01 Å². The van der Waals surface area contributed by atoms with Gasteiger partial charge in [0.15, 0.2) is 0 Å². The summed E-state index contributed by atoms with van der Waals surface area (Å²) < 4.78 is 13.3. The SMILES string of the molecule is Fc1ccc(C2CC(c3ccccc3)=NN2c2ccccc2)cc1. The lowest BCUT2D eigenvalue weighted by molar-refractivity contribution is 0.624. The normalized spacial score (nSPS) is 17.0. The third-order valence-corrected chi connectivity index (χ3v) is 4.29. The molecule has 118 valence electrons. The van der Waals surface area contributed by atoms with Gasteiger partial charge in [0.2, 0.25) is 0 Å². The molecular formula is C21H17FN2. The minimum absolute atomic E-state index is 0.0724. The summed E-state index contributed by atoms with van der Waals surface area (Å²) in [5.74, 6) is -0.216. The van der Waals surface area contributed by atoms with E-state index in [1.54, 1.807) is 0 Å². The van der Waals surface area contributed by atoms with Crippen molar-refractivity contribution in [2.75, 3.05) is 5.01 Å². The number of hydrazone groups is 1. The lowest BCUT2D eigenvalue weighted by Crippen LogP contribution is -2.18. The molecule has 0 amide bonds. The van der Waals surface area contributed by atoms with Crippen LogP contribution in [0.5, 0.6) is 0 Å². The molecule has 1 aliphatic rings. The molecule has 2 nitrogen and oxygen atoms in total. The molecule has 0 bridgehead atoms. The molecule has 0 spiro atoms. The highest BCUT2D eigenvalue weighted by Crippen LogP contribution is 2.36. The van der Waals surface area contributed by atoms with Gasteiger partial charge in [-0.2, -0.15) is 5.10 Å². The van der Waals surface area contributed by atoms with Gasteiger partial charge in [-0.05, 0) is 35.4 Å². The van der Waals surface area contributed by atoms with E-state index in [-0.39, 0.29) is 11.9 Å². The Hall–Kier alpha value is -2.94. The Morgan fingerprint density at radius 2 is 1.42 bits per heavy atom. The van der Waals surface area contributed by atoms with Crippen molar-refractivity contribution in [3.8, 4) is 0 Å². The largest absolute Gasteiger partial charge is 0.257 e. The second kappa shape index (κ2) is 6.28. The van der Waals surface area contributed by atoms with Crippen LogP contribution in [-0.4, -0.2) is 5.71 Å². The molecule has 1 atom stereocenters. The molecule has 3 aromatic rings. The number of hydrogen-bond acceptors (Lipinski definition) is 2. The second-order valence-electron chi connectivity index (χ2n) is 5.86. The fraction of sp³-hybridized carbons (Fsp3) is 0.0952. The molecule has 3 heteroatoms. The van der Waals surface area contributed by atoms with Crippen LogP contribution in [0.4, 0.5) is 10.1 Å². The molecule has 0 fully saturated rings. The highest BCUT2D eigenvalue weighted by Gasteiger charge is 2.29. The average molecular weight is 316 g/mol. The van der Waals surface area contributed by atoms with Crippen LogP contribution in [0, 0.1) is 5.82 Å². The van der Waals surface area contributed by atoms with Crippen molar-refractivity contribution < 1.29 is 4.39 Å². The Kier molecular flexibility index (Phi) is 3.83. The molecule has 0 aromatic heterocycles. The highest BCUT2D eigenvalue weighted by atomic mass is 19.1. The summed E-state index contributed by atoms with van der Waals surface area (Å²) in [6.45, 7) is 0. The van der Waals surface area contributed by atoms with E-state index in [1.807, 2.05) is 65.7 Å². The molecule has 0 radical (unpaired) electrons. The van der Waals surface area contributed by atoms with Crippen LogP contribution in [0.3, 0.4) is 0 Å². The number of benzene rings is 3. The first-order valence-corrected chi connectivity index (χ1v) is 8.04. The van der Waals surface area contributed by atoms with Crippen molar-refractivity contribution in [1.29, 1.82) is 0 Å². The van der Waals surface area contributed by atoms with Crippen LogP contribution in [0.2, 0.25) is 0 Å². The molecule has 4 rings (SSSR count). The zero-order valence-electron chi connectivity index (χ0n) is 13.1. The van der Waals surface area contributed by atoms with Gasteiger partial charge in [-0.25, -0.2) is 4.39 Å². The lowest BCUT2D eigenvalue weighted by atomic mass is 9.98. The maximum absolute atomic E-state index is 13.3. The zero-order chi connectivity index (χ0) is 16.4. The van der Waals surface area contributed by atoms with Gasteiger partial charge in [0.05, 0.1) is 17.4 Å². The number of para-hydroxylation sites is 1. The Bertz CT molecular complexity index is 842. The van der Waals surface area contributed by atoms with Crippen molar-refractivity contribution in [2.24, 2.45) is 5.10 Å². The Labute approximate surface area is 140 Å². The van der Waals surface area contributed by atoms with Gasteiger partial charge in [0.1, 0.15) is 5.82 Å². The van der Waals surface area contributed by atoms with E-state index < -0.39 is 0 Å². The summed E-state index contributed by atoms with van der Waals surface area (Å²) in [4.78, 5) is 0. The summed E-state index contributed by atoms with van der Waals surface area (Å²) >= 11 is 0.